The monoisotopic (exact) mass is 220 g/mol. The van der Waals surface area contributed by atoms with Gasteiger partial charge in [-0.05, 0) is 26.0 Å². The van der Waals surface area contributed by atoms with Gasteiger partial charge in [0.05, 0.1) is 30.0 Å². The van der Waals surface area contributed by atoms with E-state index in [1.54, 1.807) is 18.2 Å². The third-order valence-electron chi connectivity index (χ3n) is 1.93. The quantitative estimate of drug-likeness (QED) is 0.608. The fourth-order valence-electron chi connectivity index (χ4n) is 1.16. The molecule has 16 heavy (non-hydrogen) atoms. The first-order valence-electron chi connectivity index (χ1n) is 5.17. The van der Waals surface area contributed by atoms with Crippen molar-refractivity contribution < 1.29 is 9.47 Å². The van der Waals surface area contributed by atoms with Crippen molar-refractivity contribution in [3.8, 4) is 11.8 Å². The summed E-state index contributed by atoms with van der Waals surface area (Å²) in [6.45, 7) is 4.86. The van der Waals surface area contributed by atoms with E-state index >= 15 is 0 Å². The highest BCUT2D eigenvalue weighted by atomic mass is 16.5. The molecule has 0 aliphatic carbocycles. The Morgan fingerprint density at radius 2 is 2.12 bits per heavy atom. The van der Waals surface area contributed by atoms with Gasteiger partial charge in [-0.2, -0.15) is 5.26 Å². The molecule has 1 aromatic rings. The van der Waals surface area contributed by atoms with E-state index in [-0.39, 0.29) is 6.10 Å². The summed E-state index contributed by atoms with van der Waals surface area (Å²) in [6, 6.07) is 6.99. The molecule has 0 amide bonds. The van der Waals surface area contributed by atoms with E-state index in [1.807, 2.05) is 19.9 Å². The van der Waals surface area contributed by atoms with Crippen LogP contribution in [0.4, 0.5) is 5.69 Å². The number of ether oxygens (including phenoxy) is 2. The number of nitrogens with two attached hydrogens (primary N) is 1. The lowest BCUT2D eigenvalue weighted by Gasteiger charge is -2.10. The van der Waals surface area contributed by atoms with E-state index in [2.05, 4.69) is 0 Å². The number of nitrogens with zero attached hydrogens (tertiary/aromatic N) is 1. The van der Waals surface area contributed by atoms with Crippen LogP contribution in [0.25, 0.3) is 0 Å². The van der Waals surface area contributed by atoms with Gasteiger partial charge in [-0.3, -0.25) is 0 Å². The number of nitriles is 1. The Morgan fingerprint density at radius 3 is 2.75 bits per heavy atom. The predicted molar refractivity (Wildman–Crippen MR) is 62.2 cm³/mol. The summed E-state index contributed by atoms with van der Waals surface area (Å²) in [5.41, 5.74) is 6.78. The topological polar surface area (TPSA) is 68.3 Å². The Balaban J connectivity index is 2.50. The van der Waals surface area contributed by atoms with Crippen LogP contribution in [-0.4, -0.2) is 19.3 Å². The van der Waals surface area contributed by atoms with Crippen LogP contribution in [0, 0.1) is 11.3 Å². The normalized spacial score (nSPS) is 10.1. The van der Waals surface area contributed by atoms with E-state index in [4.69, 9.17) is 20.5 Å². The van der Waals surface area contributed by atoms with Crippen LogP contribution in [0.1, 0.15) is 19.4 Å². The number of hydrogen-bond acceptors (Lipinski definition) is 4. The SMILES string of the molecule is CC(C)OCCOc1cc(C#N)ccc1N. The van der Waals surface area contributed by atoms with Gasteiger partial charge in [-0.15, -0.1) is 0 Å². The van der Waals surface area contributed by atoms with Crippen LogP contribution in [0.5, 0.6) is 5.75 Å². The average Bonchev–Trinajstić information content (AvgIpc) is 2.26. The van der Waals surface area contributed by atoms with Crippen molar-refractivity contribution in [2.75, 3.05) is 18.9 Å². The van der Waals surface area contributed by atoms with E-state index in [0.717, 1.165) is 0 Å². The molecule has 0 unspecified atom stereocenters. The smallest absolute Gasteiger partial charge is 0.143 e. The second kappa shape index (κ2) is 5.99. The number of benzene rings is 1. The molecule has 0 bridgehead atoms. The summed E-state index contributed by atoms with van der Waals surface area (Å²) in [6.07, 6.45) is 0.186. The molecule has 2 N–H and O–H groups in total. The zero-order chi connectivity index (χ0) is 12.0. The molecule has 0 saturated heterocycles. The Morgan fingerprint density at radius 1 is 1.38 bits per heavy atom. The Hall–Kier alpha value is -1.73. The molecule has 0 heterocycles. The summed E-state index contributed by atoms with van der Waals surface area (Å²) in [4.78, 5) is 0. The first-order valence-corrected chi connectivity index (χ1v) is 5.17. The van der Waals surface area contributed by atoms with Crippen LogP contribution < -0.4 is 10.5 Å². The fourth-order valence-corrected chi connectivity index (χ4v) is 1.16. The molecule has 4 heteroatoms. The second-order valence-corrected chi connectivity index (χ2v) is 3.63. The summed E-state index contributed by atoms with van der Waals surface area (Å²) in [7, 11) is 0. The van der Waals surface area contributed by atoms with Gasteiger partial charge < -0.3 is 15.2 Å². The molecule has 0 aliphatic rings. The van der Waals surface area contributed by atoms with E-state index in [1.165, 1.54) is 0 Å². The fraction of sp³-hybridized carbons (Fsp3) is 0.417. The summed E-state index contributed by atoms with van der Waals surface area (Å²) in [5.74, 6) is 0.534. The zero-order valence-electron chi connectivity index (χ0n) is 9.56. The number of hydrogen-bond donors (Lipinski definition) is 1. The van der Waals surface area contributed by atoms with Crippen molar-refractivity contribution in [1.29, 1.82) is 5.26 Å². The first-order chi connectivity index (χ1) is 7.63. The van der Waals surface area contributed by atoms with Gasteiger partial charge in [-0.25, -0.2) is 0 Å². The maximum absolute atomic E-state index is 8.73. The number of rotatable bonds is 5. The molecule has 0 aliphatic heterocycles. The van der Waals surface area contributed by atoms with Crippen molar-refractivity contribution in [3.63, 3.8) is 0 Å². The highest BCUT2D eigenvalue weighted by Crippen LogP contribution is 2.22. The average molecular weight is 220 g/mol. The molecular weight excluding hydrogens is 204 g/mol. The van der Waals surface area contributed by atoms with Crippen LogP contribution in [0.2, 0.25) is 0 Å². The van der Waals surface area contributed by atoms with Gasteiger partial charge in [0.15, 0.2) is 0 Å². The maximum Gasteiger partial charge on any atom is 0.143 e. The lowest BCUT2D eigenvalue weighted by atomic mass is 10.2. The Labute approximate surface area is 95.6 Å². The van der Waals surface area contributed by atoms with Crippen molar-refractivity contribution >= 4 is 5.69 Å². The molecule has 0 atom stereocenters. The summed E-state index contributed by atoms with van der Waals surface area (Å²) in [5, 5.41) is 8.73. The highest BCUT2D eigenvalue weighted by molar-refractivity contribution is 5.55. The van der Waals surface area contributed by atoms with Crippen LogP contribution in [0.15, 0.2) is 18.2 Å². The number of anilines is 1. The maximum atomic E-state index is 8.73. The lowest BCUT2D eigenvalue weighted by molar-refractivity contribution is 0.0554. The Bertz CT molecular complexity index is 383. The molecular formula is C12H16N2O2. The minimum Gasteiger partial charge on any atom is -0.489 e. The van der Waals surface area contributed by atoms with Crippen molar-refractivity contribution in [3.05, 3.63) is 23.8 Å². The van der Waals surface area contributed by atoms with Gasteiger partial charge >= 0.3 is 0 Å². The predicted octanol–water partition coefficient (Wildman–Crippen LogP) is 1.94. The van der Waals surface area contributed by atoms with Crippen molar-refractivity contribution in [2.45, 2.75) is 20.0 Å². The molecule has 0 aromatic heterocycles. The van der Waals surface area contributed by atoms with Crippen LogP contribution >= 0.6 is 0 Å². The minimum absolute atomic E-state index is 0.186. The number of nitrogen functional groups attached to an aromatic ring is 1. The summed E-state index contributed by atoms with van der Waals surface area (Å²) >= 11 is 0. The third kappa shape index (κ3) is 3.79. The zero-order valence-corrected chi connectivity index (χ0v) is 9.56. The van der Waals surface area contributed by atoms with Gasteiger partial charge in [0.2, 0.25) is 0 Å². The van der Waals surface area contributed by atoms with E-state index < -0.39 is 0 Å². The molecule has 86 valence electrons. The van der Waals surface area contributed by atoms with Gasteiger partial charge in [0.25, 0.3) is 0 Å². The molecule has 0 radical (unpaired) electrons. The van der Waals surface area contributed by atoms with Crippen LogP contribution in [-0.2, 0) is 4.74 Å². The van der Waals surface area contributed by atoms with Gasteiger partial charge in [0.1, 0.15) is 12.4 Å². The Kier molecular flexibility index (Phi) is 4.62. The molecule has 0 spiro atoms. The highest BCUT2D eigenvalue weighted by Gasteiger charge is 2.02. The molecule has 0 fully saturated rings. The molecule has 1 rings (SSSR count). The second-order valence-electron chi connectivity index (χ2n) is 3.63. The minimum atomic E-state index is 0.186. The van der Waals surface area contributed by atoms with Gasteiger partial charge in [-0.1, -0.05) is 0 Å². The molecule has 4 nitrogen and oxygen atoms in total. The molecule has 0 saturated carbocycles. The van der Waals surface area contributed by atoms with Crippen molar-refractivity contribution in [2.24, 2.45) is 0 Å². The lowest BCUT2D eigenvalue weighted by Crippen LogP contribution is -2.11. The van der Waals surface area contributed by atoms with Crippen molar-refractivity contribution in [1.82, 2.24) is 0 Å². The third-order valence-corrected chi connectivity index (χ3v) is 1.93. The first kappa shape index (κ1) is 12.3. The standard InChI is InChI=1S/C12H16N2O2/c1-9(2)15-5-6-16-12-7-10(8-13)3-4-11(12)14/h3-4,7,9H,5-6,14H2,1-2H3. The summed E-state index contributed by atoms with van der Waals surface area (Å²) < 4.78 is 10.8. The largest absolute Gasteiger partial charge is 0.489 e. The van der Waals surface area contributed by atoms with Gasteiger partial charge in [0, 0.05) is 6.07 Å². The van der Waals surface area contributed by atoms with Crippen LogP contribution in [0.3, 0.4) is 0 Å². The van der Waals surface area contributed by atoms with E-state index in [9.17, 15) is 0 Å². The molecule has 1 aromatic carbocycles. The van der Waals surface area contributed by atoms with E-state index in [0.29, 0.717) is 30.2 Å².